The van der Waals surface area contributed by atoms with Gasteiger partial charge in [-0.1, -0.05) is 34.6 Å². The van der Waals surface area contributed by atoms with Gasteiger partial charge >= 0.3 is 0 Å². The maximum atomic E-state index is 11.6. The number of aliphatic hydroxyl groups is 1. The number of carbonyl (C=O) groups is 1. The highest BCUT2D eigenvalue weighted by atomic mass is 32.1. The molecule has 0 aliphatic rings. The maximum absolute atomic E-state index is 11.6. The van der Waals surface area contributed by atoms with E-state index in [0.717, 1.165) is 10.7 Å². The maximum Gasteiger partial charge on any atom is 0.222 e. The summed E-state index contributed by atoms with van der Waals surface area (Å²) < 4.78 is 0. The average Bonchev–Trinajstić information content (AvgIpc) is 2.74. The Hall–Kier alpha value is -0.940. The lowest BCUT2D eigenvalue weighted by molar-refractivity contribution is -0.123. The molecule has 1 atom stereocenters. The van der Waals surface area contributed by atoms with Gasteiger partial charge in [-0.3, -0.25) is 4.79 Å². The summed E-state index contributed by atoms with van der Waals surface area (Å²) >= 11 is 1.62. The number of aliphatic hydroxyl groups excluding tert-OH is 1. The molecule has 0 spiro atoms. The molecule has 0 bridgehead atoms. The van der Waals surface area contributed by atoms with E-state index < -0.39 is 6.10 Å². The SMILES string of the molecule is CC(C)C(O)CC(=O)NCc1csc(C(C)(C)C)n1. The molecule has 0 saturated heterocycles. The Bertz CT molecular complexity index is 421. The van der Waals surface area contributed by atoms with E-state index in [-0.39, 0.29) is 23.7 Å². The number of hydrogen-bond acceptors (Lipinski definition) is 4. The van der Waals surface area contributed by atoms with Crippen molar-refractivity contribution in [3.05, 3.63) is 16.1 Å². The molecule has 0 saturated carbocycles. The highest BCUT2D eigenvalue weighted by Gasteiger charge is 2.18. The quantitative estimate of drug-likeness (QED) is 0.873. The minimum absolute atomic E-state index is 0.0424. The fourth-order valence-corrected chi connectivity index (χ4v) is 2.33. The molecule has 0 radical (unpaired) electrons. The lowest BCUT2D eigenvalue weighted by Gasteiger charge is -2.14. The summed E-state index contributed by atoms with van der Waals surface area (Å²) in [5.74, 6) is -0.0379. The van der Waals surface area contributed by atoms with Crippen LogP contribution in [0.2, 0.25) is 0 Å². The van der Waals surface area contributed by atoms with E-state index in [1.165, 1.54) is 0 Å². The van der Waals surface area contributed by atoms with Crippen LogP contribution < -0.4 is 5.32 Å². The Kier molecular flexibility index (Phi) is 5.50. The standard InChI is InChI=1S/C14H24N2O2S/c1-9(2)11(17)6-12(18)15-7-10-8-19-13(16-10)14(3,4)5/h8-9,11,17H,6-7H2,1-5H3,(H,15,18). The second kappa shape index (κ2) is 6.48. The molecular formula is C14H24N2O2S. The van der Waals surface area contributed by atoms with E-state index in [1.807, 2.05) is 19.2 Å². The van der Waals surface area contributed by atoms with Crippen molar-refractivity contribution in [2.24, 2.45) is 5.92 Å². The highest BCUT2D eigenvalue weighted by molar-refractivity contribution is 7.09. The van der Waals surface area contributed by atoms with Gasteiger partial charge in [-0.15, -0.1) is 11.3 Å². The topological polar surface area (TPSA) is 62.2 Å². The van der Waals surface area contributed by atoms with Crippen LogP contribution in [0.1, 0.15) is 51.7 Å². The fraction of sp³-hybridized carbons (Fsp3) is 0.714. The van der Waals surface area contributed by atoms with E-state index in [2.05, 4.69) is 31.1 Å². The van der Waals surface area contributed by atoms with Gasteiger partial charge < -0.3 is 10.4 Å². The van der Waals surface area contributed by atoms with Crippen LogP contribution in [0.4, 0.5) is 0 Å². The van der Waals surface area contributed by atoms with Gasteiger partial charge in [-0.05, 0) is 5.92 Å². The van der Waals surface area contributed by atoms with Gasteiger partial charge in [-0.25, -0.2) is 4.98 Å². The average molecular weight is 284 g/mol. The van der Waals surface area contributed by atoms with Gasteiger partial charge in [0, 0.05) is 10.8 Å². The number of carbonyl (C=O) groups excluding carboxylic acids is 1. The van der Waals surface area contributed by atoms with Crippen molar-refractivity contribution in [2.45, 2.75) is 59.1 Å². The third kappa shape index (κ3) is 5.28. The molecule has 1 heterocycles. The Balaban J connectivity index is 2.45. The summed E-state index contributed by atoms with van der Waals surface area (Å²) in [6.45, 7) is 10.6. The first-order valence-electron chi connectivity index (χ1n) is 6.59. The molecule has 1 unspecified atom stereocenters. The summed E-state index contributed by atoms with van der Waals surface area (Å²) in [7, 11) is 0. The fourth-order valence-electron chi connectivity index (χ4n) is 1.42. The molecule has 0 fully saturated rings. The number of nitrogens with zero attached hydrogens (tertiary/aromatic N) is 1. The first-order chi connectivity index (χ1) is 8.70. The summed E-state index contributed by atoms with van der Waals surface area (Å²) in [6.07, 6.45) is -0.436. The predicted molar refractivity (Wildman–Crippen MR) is 78.1 cm³/mol. The van der Waals surface area contributed by atoms with Gasteiger partial charge in [0.05, 0.1) is 29.8 Å². The molecule has 4 nitrogen and oxygen atoms in total. The number of aromatic nitrogens is 1. The zero-order valence-corrected chi connectivity index (χ0v) is 13.2. The lowest BCUT2D eigenvalue weighted by Crippen LogP contribution is -2.29. The van der Waals surface area contributed by atoms with Gasteiger partial charge in [0.2, 0.25) is 5.91 Å². The Morgan fingerprint density at radius 2 is 2.11 bits per heavy atom. The van der Waals surface area contributed by atoms with Crippen LogP contribution in [0.25, 0.3) is 0 Å². The normalized spacial score (nSPS) is 13.6. The van der Waals surface area contributed by atoms with Crippen molar-refractivity contribution in [2.75, 3.05) is 0 Å². The van der Waals surface area contributed by atoms with E-state index in [1.54, 1.807) is 11.3 Å². The molecule has 0 aromatic carbocycles. The molecule has 19 heavy (non-hydrogen) atoms. The van der Waals surface area contributed by atoms with Crippen molar-refractivity contribution in [1.29, 1.82) is 0 Å². The van der Waals surface area contributed by atoms with Crippen molar-refractivity contribution in [3.63, 3.8) is 0 Å². The van der Waals surface area contributed by atoms with Crippen LogP contribution >= 0.6 is 11.3 Å². The summed E-state index contributed by atoms with van der Waals surface area (Å²) in [5, 5.41) is 15.5. The minimum Gasteiger partial charge on any atom is -0.392 e. The van der Waals surface area contributed by atoms with Crippen molar-refractivity contribution in [3.8, 4) is 0 Å². The third-order valence-corrected chi connectivity index (χ3v) is 4.14. The highest BCUT2D eigenvalue weighted by Crippen LogP contribution is 2.25. The third-order valence-electron chi connectivity index (χ3n) is 2.82. The van der Waals surface area contributed by atoms with Gasteiger partial charge in [0.1, 0.15) is 0 Å². The number of hydrogen-bond donors (Lipinski definition) is 2. The number of amides is 1. The number of thiazole rings is 1. The molecule has 0 aliphatic heterocycles. The van der Waals surface area contributed by atoms with Crippen LogP contribution in [0, 0.1) is 5.92 Å². The smallest absolute Gasteiger partial charge is 0.222 e. The van der Waals surface area contributed by atoms with E-state index in [0.29, 0.717) is 6.54 Å². The van der Waals surface area contributed by atoms with Crippen LogP contribution in [0.15, 0.2) is 5.38 Å². The summed E-state index contributed by atoms with van der Waals surface area (Å²) in [6, 6.07) is 0. The molecular weight excluding hydrogens is 260 g/mol. The first-order valence-corrected chi connectivity index (χ1v) is 7.47. The molecule has 5 heteroatoms. The monoisotopic (exact) mass is 284 g/mol. The molecule has 108 valence electrons. The number of rotatable bonds is 5. The van der Waals surface area contributed by atoms with Crippen LogP contribution in [-0.2, 0) is 16.8 Å². The molecule has 0 aliphatic carbocycles. The van der Waals surface area contributed by atoms with Gasteiger partial charge in [-0.2, -0.15) is 0 Å². The van der Waals surface area contributed by atoms with Crippen molar-refractivity contribution >= 4 is 17.2 Å². The Morgan fingerprint density at radius 1 is 1.47 bits per heavy atom. The van der Waals surface area contributed by atoms with Crippen molar-refractivity contribution in [1.82, 2.24) is 10.3 Å². The minimum atomic E-state index is -0.583. The predicted octanol–water partition coefficient (Wildman–Crippen LogP) is 2.46. The summed E-state index contributed by atoms with van der Waals surface area (Å²) in [5.41, 5.74) is 0.920. The van der Waals surface area contributed by atoms with Crippen LogP contribution in [0.3, 0.4) is 0 Å². The van der Waals surface area contributed by atoms with E-state index in [4.69, 9.17) is 0 Å². The van der Waals surface area contributed by atoms with Crippen LogP contribution in [-0.4, -0.2) is 22.1 Å². The Morgan fingerprint density at radius 3 is 2.58 bits per heavy atom. The first kappa shape index (κ1) is 16.1. The van der Waals surface area contributed by atoms with Crippen molar-refractivity contribution < 1.29 is 9.90 Å². The number of nitrogens with one attached hydrogen (secondary N) is 1. The molecule has 1 aromatic rings. The Labute approximate surface area is 119 Å². The lowest BCUT2D eigenvalue weighted by atomic mass is 9.98. The molecule has 1 aromatic heterocycles. The molecule has 1 rings (SSSR count). The van der Waals surface area contributed by atoms with E-state index in [9.17, 15) is 9.90 Å². The van der Waals surface area contributed by atoms with E-state index >= 15 is 0 Å². The summed E-state index contributed by atoms with van der Waals surface area (Å²) in [4.78, 5) is 16.1. The van der Waals surface area contributed by atoms with Gasteiger partial charge in [0.25, 0.3) is 0 Å². The zero-order chi connectivity index (χ0) is 14.6. The zero-order valence-electron chi connectivity index (χ0n) is 12.4. The molecule has 2 N–H and O–H groups in total. The second-order valence-electron chi connectivity index (χ2n) is 6.19. The van der Waals surface area contributed by atoms with Crippen LogP contribution in [0.5, 0.6) is 0 Å². The largest absolute Gasteiger partial charge is 0.392 e. The second-order valence-corrected chi connectivity index (χ2v) is 7.04. The van der Waals surface area contributed by atoms with Gasteiger partial charge in [0.15, 0.2) is 0 Å². The molecule has 1 amide bonds.